The second kappa shape index (κ2) is 7.91. The quantitative estimate of drug-likeness (QED) is 0.436. The number of alkyl halides is 3. The number of rotatable bonds is 2. The molecule has 174 valence electrons. The third kappa shape index (κ3) is 4.45. The van der Waals surface area contributed by atoms with Gasteiger partial charge < -0.3 is 0 Å². The molecule has 0 radical (unpaired) electrons. The summed E-state index contributed by atoms with van der Waals surface area (Å²) < 4.78 is 42.8. The van der Waals surface area contributed by atoms with Crippen molar-refractivity contribution >= 4 is 40.6 Å². The number of fused-ring (bicyclic) bond motifs is 1. The molecule has 8 heteroatoms. The van der Waals surface area contributed by atoms with Crippen LogP contribution in [0.4, 0.5) is 18.0 Å². The van der Waals surface area contributed by atoms with Crippen LogP contribution in [0, 0.1) is 0 Å². The second-order valence-corrected chi connectivity index (χ2v) is 11.2. The van der Waals surface area contributed by atoms with E-state index in [0.717, 1.165) is 30.2 Å². The lowest BCUT2D eigenvalue weighted by molar-refractivity contribution is -0.137. The number of nitrogens with one attached hydrogen (secondary N) is 1. The molecule has 1 saturated heterocycles. The molecule has 2 aromatic carbocycles. The summed E-state index contributed by atoms with van der Waals surface area (Å²) in [7, 11) is 0. The topological polar surface area (TPSA) is 46.2 Å². The van der Waals surface area contributed by atoms with E-state index in [-0.39, 0.29) is 31.9 Å². The van der Waals surface area contributed by atoms with Crippen LogP contribution >= 0.6 is 23.4 Å². The number of hydrogen-bond donors (Lipinski definition) is 1. The first-order chi connectivity index (χ1) is 15.2. The normalized spacial score (nSPS) is 20.7. The Bertz CT molecular complexity index is 1210. The summed E-state index contributed by atoms with van der Waals surface area (Å²) in [5.41, 5.74) is 0.925. The maximum atomic E-state index is 14.3. The minimum absolute atomic E-state index is 0.0110. The zero-order valence-electron chi connectivity index (χ0n) is 18.6. The first kappa shape index (κ1) is 23.9. The number of halogens is 4. The van der Waals surface area contributed by atoms with E-state index >= 15 is 0 Å². The Kier molecular flexibility index (Phi) is 5.73. The molecule has 33 heavy (non-hydrogen) atoms. The molecular weight excluding hydrogens is 471 g/mol. The van der Waals surface area contributed by atoms with E-state index in [0.29, 0.717) is 11.1 Å². The van der Waals surface area contributed by atoms with Gasteiger partial charge in [-0.15, -0.1) is 0 Å². The van der Waals surface area contributed by atoms with E-state index < -0.39 is 22.9 Å². The molecule has 0 atom stereocenters. The first-order valence-electron chi connectivity index (χ1n) is 10.5. The highest BCUT2D eigenvalue weighted by molar-refractivity contribution is 8.18. The van der Waals surface area contributed by atoms with E-state index in [1.165, 1.54) is 24.3 Å². The molecule has 1 heterocycles. The Hall–Kier alpha value is -2.25. The third-order valence-electron chi connectivity index (χ3n) is 6.52. The van der Waals surface area contributed by atoms with Gasteiger partial charge in [-0.25, -0.2) is 0 Å². The van der Waals surface area contributed by atoms with Crippen LogP contribution in [0.15, 0.2) is 35.2 Å². The van der Waals surface area contributed by atoms with E-state index in [2.05, 4.69) is 5.32 Å². The standard InChI is InChI=1S/C25H23ClF3NO2S/c1-23(2)7-8-24(3,4)18-12-16(25(27,28)29)14(11-17(18)23)15-9-13(5-6-19(15)26)10-20-21(31)30-22(32)33-20/h5-6,9-12H,7-8H2,1-4H3,(H,30,31,32). The monoisotopic (exact) mass is 493 g/mol. The van der Waals surface area contributed by atoms with E-state index in [9.17, 15) is 22.8 Å². The molecule has 2 aliphatic rings. The van der Waals surface area contributed by atoms with Gasteiger partial charge in [-0.3, -0.25) is 14.9 Å². The van der Waals surface area contributed by atoms with E-state index in [4.69, 9.17) is 11.6 Å². The minimum Gasteiger partial charge on any atom is -0.282 e. The molecule has 0 bridgehead atoms. The van der Waals surface area contributed by atoms with Gasteiger partial charge in [0.15, 0.2) is 0 Å². The Morgan fingerprint density at radius 2 is 1.58 bits per heavy atom. The van der Waals surface area contributed by atoms with Crippen molar-refractivity contribution in [3.05, 3.63) is 62.5 Å². The van der Waals surface area contributed by atoms with Gasteiger partial charge >= 0.3 is 6.18 Å². The first-order valence-corrected chi connectivity index (χ1v) is 11.7. The third-order valence-corrected chi connectivity index (χ3v) is 7.66. The Labute approximate surface area is 199 Å². The summed E-state index contributed by atoms with van der Waals surface area (Å²) in [6, 6.07) is 7.57. The highest BCUT2D eigenvalue weighted by Gasteiger charge is 2.42. The van der Waals surface area contributed by atoms with E-state index in [1.54, 1.807) is 12.1 Å². The van der Waals surface area contributed by atoms with Crippen molar-refractivity contribution in [3.8, 4) is 11.1 Å². The number of imide groups is 1. The largest absolute Gasteiger partial charge is 0.417 e. The van der Waals surface area contributed by atoms with Gasteiger partial charge in [0.25, 0.3) is 11.1 Å². The molecule has 0 unspecified atom stereocenters. The molecule has 2 aromatic rings. The predicted molar refractivity (Wildman–Crippen MR) is 126 cm³/mol. The fraction of sp³-hybridized carbons (Fsp3) is 0.360. The summed E-state index contributed by atoms with van der Waals surface area (Å²) >= 11 is 7.15. The number of carbonyl (C=O) groups excluding carboxylic acids is 2. The average Bonchev–Trinajstić information content (AvgIpc) is 3.02. The number of thioether (sulfide) groups is 1. The number of carbonyl (C=O) groups is 2. The van der Waals surface area contributed by atoms with E-state index in [1.807, 2.05) is 27.7 Å². The molecule has 1 fully saturated rings. The summed E-state index contributed by atoms with van der Waals surface area (Å²) in [5.74, 6) is -0.532. The molecule has 2 amide bonds. The van der Waals surface area contributed by atoms with Gasteiger partial charge in [0.2, 0.25) is 0 Å². The molecular formula is C25H23ClF3NO2S. The summed E-state index contributed by atoms with van der Waals surface area (Å²) in [6.45, 7) is 8.06. The van der Waals surface area contributed by atoms with Gasteiger partial charge in [-0.1, -0.05) is 45.4 Å². The smallest absolute Gasteiger partial charge is 0.282 e. The fourth-order valence-corrected chi connectivity index (χ4v) is 5.38. The summed E-state index contributed by atoms with van der Waals surface area (Å²) in [6.07, 6.45) is -1.44. The fourth-order valence-electron chi connectivity index (χ4n) is 4.48. The molecule has 1 aliphatic carbocycles. The zero-order valence-corrected chi connectivity index (χ0v) is 20.2. The van der Waals surface area contributed by atoms with Crippen LogP contribution < -0.4 is 5.32 Å². The Balaban J connectivity index is 1.95. The Morgan fingerprint density at radius 3 is 2.12 bits per heavy atom. The number of amides is 2. The van der Waals surface area contributed by atoms with Gasteiger partial charge in [0.1, 0.15) is 0 Å². The molecule has 3 nitrogen and oxygen atoms in total. The summed E-state index contributed by atoms with van der Waals surface area (Å²) in [4.78, 5) is 23.5. The van der Waals surface area contributed by atoms with Crippen molar-refractivity contribution in [2.45, 2.75) is 57.5 Å². The van der Waals surface area contributed by atoms with Crippen molar-refractivity contribution in [1.29, 1.82) is 0 Å². The highest BCUT2D eigenvalue weighted by atomic mass is 35.5. The lowest BCUT2D eigenvalue weighted by atomic mass is 9.62. The molecule has 4 rings (SSSR count). The SMILES string of the molecule is CC1(C)CCC(C)(C)c2cc(C(F)(F)F)c(-c3cc(C=C4SC(=O)NC4=O)ccc3Cl)cc21. The molecule has 1 N–H and O–H groups in total. The summed E-state index contributed by atoms with van der Waals surface area (Å²) in [5, 5.41) is 1.86. The van der Waals surface area contributed by atoms with Crippen molar-refractivity contribution in [2.24, 2.45) is 0 Å². The van der Waals surface area contributed by atoms with Crippen LogP contribution in [0.5, 0.6) is 0 Å². The maximum Gasteiger partial charge on any atom is 0.417 e. The minimum atomic E-state index is -4.58. The van der Waals surface area contributed by atoms with Crippen LogP contribution in [0.2, 0.25) is 5.02 Å². The number of hydrogen-bond acceptors (Lipinski definition) is 3. The maximum absolute atomic E-state index is 14.3. The van der Waals surface area contributed by atoms with Crippen LogP contribution in [-0.2, 0) is 21.8 Å². The van der Waals surface area contributed by atoms with Crippen molar-refractivity contribution in [2.75, 3.05) is 0 Å². The predicted octanol–water partition coefficient (Wildman–Crippen LogP) is 7.70. The molecule has 1 aliphatic heterocycles. The number of benzene rings is 2. The van der Waals surface area contributed by atoms with Crippen LogP contribution in [0.25, 0.3) is 17.2 Å². The molecule has 0 spiro atoms. The lowest BCUT2D eigenvalue weighted by Crippen LogP contribution is -2.34. The van der Waals surface area contributed by atoms with Crippen molar-refractivity contribution < 1.29 is 22.8 Å². The van der Waals surface area contributed by atoms with Gasteiger partial charge in [0, 0.05) is 10.6 Å². The van der Waals surface area contributed by atoms with Crippen LogP contribution in [-0.4, -0.2) is 11.1 Å². The van der Waals surface area contributed by atoms with Gasteiger partial charge in [-0.05, 0) is 88.0 Å². The van der Waals surface area contributed by atoms with Crippen molar-refractivity contribution in [3.63, 3.8) is 0 Å². The lowest BCUT2D eigenvalue weighted by Gasteiger charge is -2.42. The highest BCUT2D eigenvalue weighted by Crippen LogP contribution is 2.50. The van der Waals surface area contributed by atoms with Crippen LogP contribution in [0.1, 0.15) is 62.8 Å². The zero-order chi connectivity index (χ0) is 24.3. The average molecular weight is 494 g/mol. The van der Waals surface area contributed by atoms with Crippen LogP contribution in [0.3, 0.4) is 0 Å². The molecule has 0 aromatic heterocycles. The van der Waals surface area contributed by atoms with Crippen molar-refractivity contribution in [1.82, 2.24) is 5.32 Å². The molecule has 0 saturated carbocycles. The Morgan fingerprint density at radius 1 is 0.970 bits per heavy atom. The van der Waals surface area contributed by atoms with Gasteiger partial charge in [0.05, 0.1) is 10.5 Å². The second-order valence-electron chi connectivity index (χ2n) is 9.80. The van der Waals surface area contributed by atoms with Gasteiger partial charge in [-0.2, -0.15) is 13.2 Å².